The van der Waals surface area contributed by atoms with Crippen LogP contribution in [0.4, 0.5) is 17.6 Å². The lowest BCUT2D eigenvalue weighted by Gasteiger charge is -2.05. The summed E-state index contributed by atoms with van der Waals surface area (Å²) in [6, 6.07) is 1.02. The highest BCUT2D eigenvalue weighted by Crippen LogP contribution is 2.23. The van der Waals surface area contributed by atoms with Gasteiger partial charge in [0.1, 0.15) is 6.07 Å². The third-order valence-electron chi connectivity index (χ3n) is 1.01. The summed E-state index contributed by atoms with van der Waals surface area (Å²) < 4.78 is 47.0. The van der Waals surface area contributed by atoms with Crippen LogP contribution in [0.1, 0.15) is 5.69 Å². The fourth-order valence-corrected chi connectivity index (χ4v) is 0.570. The molecule has 0 fully saturated rings. The van der Waals surface area contributed by atoms with E-state index in [9.17, 15) is 17.6 Å². The molecule has 0 aliphatic rings. The number of halogens is 4. The van der Waals surface area contributed by atoms with Gasteiger partial charge in [0.25, 0.3) is 0 Å². The number of alkyl halides is 3. The summed E-state index contributed by atoms with van der Waals surface area (Å²) in [5.41, 5.74) is -1.19. The first-order chi connectivity index (χ1) is 5.46. The van der Waals surface area contributed by atoms with Gasteiger partial charge in [-0.1, -0.05) is 0 Å². The van der Waals surface area contributed by atoms with E-state index in [1.807, 2.05) is 0 Å². The largest absolute Gasteiger partial charge is 0.505 e. The van der Waals surface area contributed by atoms with E-state index in [1.54, 1.807) is 0 Å². The zero-order valence-electron chi connectivity index (χ0n) is 5.35. The van der Waals surface area contributed by atoms with Gasteiger partial charge in [0, 0.05) is 0 Å². The number of aromatic nitrogens is 2. The summed E-state index contributed by atoms with van der Waals surface area (Å²) in [6.45, 7) is 0. The number of rotatable bonds is 0. The predicted octanol–water partition coefficient (Wildman–Crippen LogP) is 1.17. The Morgan fingerprint density at radius 3 is 2.42 bits per heavy atom. The highest BCUT2D eigenvalue weighted by Gasteiger charge is 2.35. The Labute approximate surface area is 63.8 Å². The van der Waals surface area contributed by atoms with Crippen molar-refractivity contribution in [2.45, 2.75) is 6.30 Å². The van der Waals surface area contributed by atoms with Crippen LogP contribution >= 0.6 is 0 Å². The molecule has 1 radical (unpaired) electrons. The Bertz CT molecular complexity index is 331. The van der Waals surface area contributed by atoms with Crippen molar-refractivity contribution in [3.8, 4) is 6.07 Å². The molecule has 12 heavy (non-hydrogen) atoms. The van der Waals surface area contributed by atoms with E-state index in [2.05, 4.69) is 5.10 Å². The molecule has 0 bridgehead atoms. The van der Waals surface area contributed by atoms with Crippen LogP contribution in [0.2, 0.25) is 0 Å². The maximum absolute atomic E-state index is 12.3. The Kier molecular flexibility index (Phi) is 1.76. The van der Waals surface area contributed by atoms with Crippen molar-refractivity contribution in [1.82, 2.24) is 9.78 Å². The minimum absolute atomic E-state index is 0.678. The number of nitriles is 1. The van der Waals surface area contributed by atoms with Gasteiger partial charge in [-0.3, -0.25) is 0 Å². The van der Waals surface area contributed by atoms with Gasteiger partial charge in [-0.05, 0) is 0 Å². The van der Waals surface area contributed by atoms with Crippen molar-refractivity contribution < 1.29 is 17.6 Å². The molecule has 0 saturated heterocycles. The summed E-state index contributed by atoms with van der Waals surface area (Å²) in [5.74, 6) is -1.41. The first-order valence-electron chi connectivity index (χ1n) is 2.60. The Morgan fingerprint density at radius 2 is 2.08 bits per heavy atom. The van der Waals surface area contributed by atoms with E-state index in [0.717, 1.165) is 6.07 Å². The topological polar surface area (TPSA) is 41.6 Å². The van der Waals surface area contributed by atoms with Gasteiger partial charge in [0.15, 0.2) is 17.7 Å². The number of hydrogen-bond acceptors (Lipinski definition) is 2. The Hall–Kier alpha value is -1.58. The monoisotopic (exact) mass is 178 g/mol. The minimum atomic E-state index is -4.88. The molecule has 0 unspecified atom stereocenters. The molecule has 0 aliphatic heterocycles. The van der Waals surface area contributed by atoms with E-state index >= 15 is 0 Å². The molecule has 1 aromatic rings. The standard InChI is InChI=1S/C5F4N3/c6-3-2-11-12(4(3)1-10)5(7,8)9. The zero-order chi connectivity index (χ0) is 9.35. The van der Waals surface area contributed by atoms with Gasteiger partial charge in [0.05, 0.1) is 0 Å². The first kappa shape index (κ1) is 8.52. The molecule has 0 aromatic carbocycles. The van der Waals surface area contributed by atoms with Crippen LogP contribution < -0.4 is 0 Å². The van der Waals surface area contributed by atoms with Crippen molar-refractivity contribution in [2.75, 3.05) is 0 Å². The molecule has 1 heterocycles. The zero-order valence-corrected chi connectivity index (χ0v) is 5.35. The van der Waals surface area contributed by atoms with Gasteiger partial charge >= 0.3 is 6.30 Å². The van der Waals surface area contributed by atoms with E-state index in [1.165, 1.54) is 6.20 Å². The maximum Gasteiger partial charge on any atom is 0.505 e. The lowest BCUT2D eigenvalue weighted by Crippen LogP contribution is -2.20. The molecule has 0 N–H and O–H groups in total. The van der Waals surface area contributed by atoms with Gasteiger partial charge in [-0.2, -0.15) is 15.0 Å². The summed E-state index contributed by atoms with van der Waals surface area (Å²) in [4.78, 5) is 0. The SMILES string of the molecule is N#Cc1c(F)[c]nn1C(F)(F)F. The molecule has 0 amide bonds. The second-order valence-electron chi connectivity index (χ2n) is 1.77. The highest BCUT2D eigenvalue weighted by molar-refractivity contribution is 5.20. The summed E-state index contributed by atoms with van der Waals surface area (Å²) in [5, 5.41) is 10.6. The molecular weight excluding hydrogens is 178 g/mol. The maximum atomic E-state index is 12.3. The molecule has 0 aliphatic carbocycles. The lowest BCUT2D eigenvalue weighted by atomic mass is 10.4. The molecule has 0 atom stereocenters. The Morgan fingerprint density at radius 1 is 1.50 bits per heavy atom. The molecule has 63 valence electrons. The smallest absolute Gasteiger partial charge is 0.201 e. The van der Waals surface area contributed by atoms with Gasteiger partial charge in [-0.25, -0.2) is 4.39 Å². The van der Waals surface area contributed by atoms with Crippen molar-refractivity contribution in [3.63, 3.8) is 0 Å². The van der Waals surface area contributed by atoms with Crippen LogP contribution in [0.25, 0.3) is 0 Å². The Balaban J connectivity index is 3.28. The molecule has 7 heteroatoms. The van der Waals surface area contributed by atoms with Gasteiger partial charge in [-0.15, -0.1) is 13.2 Å². The van der Waals surface area contributed by atoms with E-state index in [-0.39, 0.29) is 0 Å². The normalized spacial score (nSPS) is 11.2. The van der Waals surface area contributed by atoms with Crippen LogP contribution in [0.5, 0.6) is 0 Å². The molecule has 1 rings (SSSR count). The average Bonchev–Trinajstić information content (AvgIpc) is 2.29. The van der Waals surface area contributed by atoms with Crippen LogP contribution in [-0.4, -0.2) is 9.78 Å². The van der Waals surface area contributed by atoms with Crippen LogP contribution in [0.15, 0.2) is 0 Å². The fraction of sp³-hybridized carbons (Fsp3) is 0.200. The second kappa shape index (κ2) is 2.48. The number of nitrogens with zero attached hydrogens (tertiary/aromatic N) is 3. The highest BCUT2D eigenvalue weighted by atomic mass is 19.4. The third kappa shape index (κ3) is 1.23. The molecular formula is C5F4N3. The predicted molar refractivity (Wildman–Crippen MR) is 27.0 cm³/mol. The first-order valence-corrected chi connectivity index (χ1v) is 2.60. The van der Waals surface area contributed by atoms with Gasteiger partial charge < -0.3 is 0 Å². The van der Waals surface area contributed by atoms with E-state index in [0.29, 0.717) is 0 Å². The summed E-state index contributed by atoms with van der Waals surface area (Å²) >= 11 is 0. The van der Waals surface area contributed by atoms with Crippen LogP contribution in [-0.2, 0) is 6.30 Å². The second-order valence-corrected chi connectivity index (χ2v) is 1.77. The van der Waals surface area contributed by atoms with Crippen molar-refractivity contribution in [1.29, 1.82) is 5.26 Å². The number of hydrogen-bond donors (Lipinski definition) is 0. The van der Waals surface area contributed by atoms with Crippen LogP contribution in [0.3, 0.4) is 0 Å². The van der Waals surface area contributed by atoms with Gasteiger partial charge in [0.2, 0.25) is 0 Å². The fourth-order valence-electron chi connectivity index (χ4n) is 0.570. The summed E-state index contributed by atoms with van der Waals surface area (Å²) in [6.07, 6.45) is -3.48. The van der Waals surface area contributed by atoms with E-state index in [4.69, 9.17) is 5.26 Å². The molecule has 0 spiro atoms. The van der Waals surface area contributed by atoms with Crippen molar-refractivity contribution in [3.05, 3.63) is 17.7 Å². The van der Waals surface area contributed by atoms with Crippen molar-refractivity contribution in [2.24, 2.45) is 0 Å². The quantitative estimate of drug-likeness (QED) is 0.559. The lowest BCUT2D eigenvalue weighted by molar-refractivity contribution is -0.213. The molecule has 1 aromatic heterocycles. The van der Waals surface area contributed by atoms with E-state index < -0.39 is 22.5 Å². The molecule has 0 saturated carbocycles. The minimum Gasteiger partial charge on any atom is -0.201 e. The summed E-state index contributed by atoms with van der Waals surface area (Å²) in [7, 11) is 0. The third-order valence-corrected chi connectivity index (χ3v) is 1.01. The average molecular weight is 178 g/mol. The van der Waals surface area contributed by atoms with Crippen LogP contribution in [0, 0.1) is 23.3 Å². The van der Waals surface area contributed by atoms with Crippen molar-refractivity contribution >= 4 is 0 Å². The molecule has 3 nitrogen and oxygen atoms in total.